The van der Waals surface area contributed by atoms with Gasteiger partial charge in [-0.15, -0.1) is 0 Å². The number of nitrogens with one attached hydrogen (secondary N) is 1. The average molecular weight is 433 g/mol. The molecule has 1 saturated heterocycles. The van der Waals surface area contributed by atoms with Crippen molar-refractivity contribution in [3.05, 3.63) is 53.8 Å². The number of benzene rings is 2. The van der Waals surface area contributed by atoms with Crippen molar-refractivity contribution in [2.45, 2.75) is 12.2 Å². The highest BCUT2D eigenvalue weighted by Gasteiger charge is 2.36. The predicted octanol–water partition coefficient (Wildman–Crippen LogP) is 3.25. The van der Waals surface area contributed by atoms with Crippen molar-refractivity contribution < 1.29 is 23.5 Å². The molecule has 1 N–H and O–H groups in total. The van der Waals surface area contributed by atoms with Crippen molar-refractivity contribution in [3.63, 3.8) is 0 Å². The van der Waals surface area contributed by atoms with Gasteiger partial charge >= 0.3 is 0 Å². The highest BCUT2D eigenvalue weighted by Crippen LogP contribution is 2.35. The van der Waals surface area contributed by atoms with Crippen LogP contribution in [0.1, 0.15) is 12.0 Å². The molecule has 0 bridgehead atoms. The molecule has 0 spiro atoms. The van der Waals surface area contributed by atoms with Crippen molar-refractivity contribution in [1.29, 1.82) is 0 Å². The molecule has 2 aromatic rings. The summed E-state index contributed by atoms with van der Waals surface area (Å²) in [6.07, 6.45) is 0.156. The van der Waals surface area contributed by atoms with Gasteiger partial charge in [0.15, 0.2) is 0 Å². The van der Waals surface area contributed by atoms with Crippen LogP contribution < -0.4 is 19.7 Å². The van der Waals surface area contributed by atoms with Crippen LogP contribution in [-0.4, -0.2) is 44.9 Å². The molecule has 1 unspecified atom stereocenters. The molecule has 30 heavy (non-hydrogen) atoms. The van der Waals surface area contributed by atoms with Gasteiger partial charge in [0.1, 0.15) is 17.3 Å². The van der Waals surface area contributed by atoms with Crippen LogP contribution in [-0.2, 0) is 15.3 Å². The van der Waals surface area contributed by atoms with E-state index in [-0.39, 0.29) is 24.1 Å². The second-order valence-electron chi connectivity index (χ2n) is 6.88. The maximum Gasteiger partial charge on any atom is 0.227 e. The molecule has 0 aromatic heterocycles. The van der Waals surface area contributed by atoms with Gasteiger partial charge in [-0.05, 0) is 23.8 Å². The first-order valence-electron chi connectivity index (χ1n) is 9.64. The topological polar surface area (TPSA) is 67.9 Å². The van der Waals surface area contributed by atoms with Crippen LogP contribution in [0.5, 0.6) is 11.5 Å². The van der Waals surface area contributed by atoms with Crippen LogP contribution in [0.15, 0.2) is 42.5 Å². The Labute approximate surface area is 179 Å². The van der Waals surface area contributed by atoms with E-state index in [0.29, 0.717) is 47.3 Å². The maximum absolute atomic E-state index is 13.6. The minimum atomic E-state index is -0.416. The lowest BCUT2D eigenvalue weighted by molar-refractivity contribution is -0.126. The Balaban J connectivity index is 1.49. The fourth-order valence-corrected chi connectivity index (χ4v) is 4.16. The molecule has 8 heteroatoms. The smallest absolute Gasteiger partial charge is 0.227 e. The quantitative estimate of drug-likeness (QED) is 0.616. The number of anilines is 1. The van der Waals surface area contributed by atoms with Gasteiger partial charge in [-0.1, -0.05) is 18.2 Å². The third kappa shape index (κ3) is 5.24. The fraction of sp³-hybridized carbons (Fsp3) is 0.364. The summed E-state index contributed by atoms with van der Waals surface area (Å²) in [4.78, 5) is 26.6. The third-order valence-corrected chi connectivity index (χ3v) is 5.94. The van der Waals surface area contributed by atoms with Gasteiger partial charge in [-0.25, -0.2) is 4.39 Å². The van der Waals surface area contributed by atoms with Crippen molar-refractivity contribution in [2.75, 3.05) is 38.0 Å². The zero-order chi connectivity index (χ0) is 21.5. The molecule has 0 saturated carbocycles. The molecular formula is C22H25FN2O4S. The molecule has 2 amide bonds. The van der Waals surface area contributed by atoms with Gasteiger partial charge in [0.05, 0.1) is 25.8 Å². The monoisotopic (exact) mass is 432 g/mol. The van der Waals surface area contributed by atoms with E-state index in [1.807, 2.05) is 0 Å². The van der Waals surface area contributed by atoms with Crippen LogP contribution in [0.2, 0.25) is 0 Å². The summed E-state index contributed by atoms with van der Waals surface area (Å²) in [6.45, 7) is 0.768. The van der Waals surface area contributed by atoms with Crippen molar-refractivity contribution in [1.82, 2.24) is 5.32 Å². The highest BCUT2D eigenvalue weighted by atomic mass is 32.2. The van der Waals surface area contributed by atoms with Crippen LogP contribution in [0.3, 0.4) is 0 Å². The number of carbonyl (C=O) groups excluding carboxylic acids is 2. The summed E-state index contributed by atoms with van der Waals surface area (Å²) in [6, 6.07) is 11.9. The summed E-state index contributed by atoms with van der Waals surface area (Å²) >= 11 is 1.55. The Morgan fingerprint density at radius 2 is 2.03 bits per heavy atom. The Morgan fingerprint density at radius 1 is 1.23 bits per heavy atom. The Bertz CT molecular complexity index is 908. The molecule has 2 aromatic carbocycles. The standard InChI is InChI=1S/C22H25FN2O4S/c1-28-17-7-8-19(20(12-17)29-2)25-13-16(11-21(25)26)22(27)24-9-10-30-14-15-5-3-4-6-18(15)23/h3-8,12,16H,9-11,13-14H2,1-2H3,(H,24,27). The number of rotatable bonds is 9. The van der Waals surface area contributed by atoms with Crippen molar-refractivity contribution in [2.24, 2.45) is 5.92 Å². The number of hydrogen-bond acceptors (Lipinski definition) is 5. The second kappa shape index (κ2) is 10.3. The third-order valence-electron chi connectivity index (χ3n) is 4.93. The first-order chi connectivity index (χ1) is 14.5. The lowest BCUT2D eigenvalue weighted by Gasteiger charge is -2.20. The number of thioether (sulfide) groups is 1. The number of ether oxygens (including phenoxy) is 2. The predicted molar refractivity (Wildman–Crippen MR) is 116 cm³/mol. The SMILES string of the molecule is COc1ccc(N2CC(C(=O)NCCSCc3ccccc3F)CC2=O)c(OC)c1. The Hall–Kier alpha value is -2.74. The van der Waals surface area contributed by atoms with Crippen LogP contribution in [0.25, 0.3) is 0 Å². The zero-order valence-electron chi connectivity index (χ0n) is 17.0. The number of halogens is 1. The van der Waals surface area contributed by atoms with E-state index in [1.165, 1.54) is 13.2 Å². The molecule has 160 valence electrons. The van der Waals surface area contributed by atoms with E-state index in [0.717, 1.165) is 0 Å². The lowest BCUT2D eigenvalue weighted by Crippen LogP contribution is -2.34. The second-order valence-corrected chi connectivity index (χ2v) is 7.98. The van der Waals surface area contributed by atoms with E-state index in [1.54, 1.807) is 60.2 Å². The molecule has 1 aliphatic rings. The molecule has 6 nitrogen and oxygen atoms in total. The van der Waals surface area contributed by atoms with Crippen LogP contribution in [0, 0.1) is 11.7 Å². The molecule has 1 atom stereocenters. The average Bonchev–Trinajstić information content (AvgIpc) is 3.15. The minimum absolute atomic E-state index is 0.118. The minimum Gasteiger partial charge on any atom is -0.497 e. The summed E-state index contributed by atoms with van der Waals surface area (Å²) in [5.74, 6) is 1.47. The molecule has 1 heterocycles. The fourth-order valence-electron chi connectivity index (χ4n) is 3.31. The number of hydrogen-bond donors (Lipinski definition) is 1. The molecule has 3 rings (SSSR count). The number of carbonyl (C=O) groups is 2. The summed E-state index contributed by atoms with van der Waals surface area (Å²) in [7, 11) is 3.09. The van der Waals surface area contributed by atoms with E-state index in [2.05, 4.69) is 5.32 Å². The van der Waals surface area contributed by atoms with Gasteiger partial charge in [0, 0.05) is 37.1 Å². The van der Waals surface area contributed by atoms with Crippen LogP contribution >= 0.6 is 11.8 Å². The normalized spacial score (nSPS) is 15.9. The van der Waals surface area contributed by atoms with E-state index in [4.69, 9.17) is 9.47 Å². The molecule has 1 fully saturated rings. The summed E-state index contributed by atoms with van der Waals surface area (Å²) in [5.41, 5.74) is 1.28. The van der Waals surface area contributed by atoms with Gasteiger partial charge in [0.25, 0.3) is 0 Å². The van der Waals surface area contributed by atoms with E-state index >= 15 is 0 Å². The van der Waals surface area contributed by atoms with E-state index in [9.17, 15) is 14.0 Å². The summed E-state index contributed by atoms with van der Waals surface area (Å²) in [5, 5.41) is 2.88. The lowest BCUT2D eigenvalue weighted by atomic mass is 10.1. The maximum atomic E-state index is 13.6. The number of nitrogens with zero attached hydrogens (tertiary/aromatic N) is 1. The molecule has 0 aliphatic carbocycles. The number of methoxy groups -OCH3 is 2. The Kier molecular flexibility index (Phi) is 7.57. The largest absolute Gasteiger partial charge is 0.497 e. The van der Waals surface area contributed by atoms with Gasteiger partial charge < -0.3 is 19.7 Å². The first-order valence-corrected chi connectivity index (χ1v) is 10.8. The molecule has 0 radical (unpaired) electrons. The van der Waals surface area contributed by atoms with Gasteiger partial charge in [0.2, 0.25) is 11.8 Å². The molecule has 1 aliphatic heterocycles. The Morgan fingerprint density at radius 3 is 2.77 bits per heavy atom. The van der Waals surface area contributed by atoms with E-state index < -0.39 is 5.92 Å². The number of amides is 2. The van der Waals surface area contributed by atoms with Gasteiger partial charge in [-0.3, -0.25) is 9.59 Å². The van der Waals surface area contributed by atoms with Crippen molar-refractivity contribution in [3.8, 4) is 11.5 Å². The van der Waals surface area contributed by atoms with Crippen molar-refractivity contribution >= 4 is 29.3 Å². The van der Waals surface area contributed by atoms with Crippen LogP contribution in [0.4, 0.5) is 10.1 Å². The molecular weight excluding hydrogens is 407 g/mol. The summed E-state index contributed by atoms with van der Waals surface area (Å²) < 4.78 is 24.2. The first kappa shape index (κ1) is 22.0. The van der Waals surface area contributed by atoms with Gasteiger partial charge in [-0.2, -0.15) is 11.8 Å². The highest BCUT2D eigenvalue weighted by molar-refractivity contribution is 7.98. The zero-order valence-corrected chi connectivity index (χ0v) is 17.8.